The molecule has 6 nitrogen and oxygen atoms in total. The van der Waals surface area contributed by atoms with E-state index in [9.17, 15) is 5.11 Å². The number of methoxy groups -OCH3 is 1. The predicted octanol–water partition coefficient (Wildman–Crippen LogP) is 3.98. The summed E-state index contributed by atoms with van der Waals surface area (Å²) in [4.78, 5) is 4.65. The van der Waals surface area contributed by atoms with E-state index in [-0.39, 0.29) is 29.7 Å². The smallest absolute Gasteiger partial charge is 0.191 e. The van der Waals surface area contributed by atoms with Gasteiger partial charge in [0, 0.05) is 24.2 Å². The van der Waals surface area contributed by atoms with Gasteiger partial charge < -0.3 is 25.2 Å². The maximum Gasteiger partial charge on any atom is 0.191 e. The standard InChI is InChI=1S/C21H29N3O3.HI/c1-5-22-21(24-14-17-8-7-9-18(26-4)20(17)25)23-13-16-11-10-15(3)12-19(16)27-6-2;/h7-12,25H,5-6,13-14H2,1-4H3,(H2,22,23,24);1H. The Morgan fingerprint density at radius 3 is 2.54 bits per heavy atom. The molecule has 0 aliphatic rings. The van der Waals surface area contributed by atoms with Gasteiger partial charge in [0.1, 0.15) is 5.75 Å². The molecule has 0 heterocycles. The topological polar surface area (TPSA) is 75.1 Å². The molecule has 2 aromatic rings. The Labute approximate surface area is 184 Å². The van der Waals surface area contributed by atoms with Crippen molar-refractivity contribution in [3.63, 3.8) is 0 Å². The van der Waals surface area contributed by atoms with Gasteiger partial charge in [-0.3, -0.25) is 0 Å². The second-order valence-electron chi connectivity index (χ2n) is 6.06. The van der Waals surface area contributed by atoms with Gasteiger partial charge in [-0.2, -0.15) is 0 Å². The van der Waals surface area contributed by atoms with Gasteiger partial charge in [-0.25, -0.2) is 4.99 Å². The first-order valence-corrected chi connectivity index (χ1v) is 9.18. The molecule has 154 valence electrons. The molecule has 2 rings (SSSR count). The summed E-state index contributed by atoms with van der Waals surface area (Å²) in [6, 6.07) is 11.6. The SMILES string of the molecule is CCNC(=NCc1ccc(C)cc1OCC)NCc1cccc(OC)c1O.I. The first-order chi connectivity index (χ1) is 13.1. The lowest BCUT2D eigenvalue weighted by molar-refractivity contribution is 0.336. The van der Waals surface area contributed by atoms with E-state index in [1.807, 2.05) is 45.0 Å². The molecule has 0 aliphatic carbocycles. The lowest BCUT2D eigenvalue weighted by Crippen LogP contribution is -2.36. The van der Waals surface area contributed by atoms with Crippen molar-refractivity contribution in [1.82, 2.24) is 10.6 Å². The molecule has 0 amide bonds. The van der Waals surface area contributed by atoms with Crippen LogP contribution in [0.1, 0.15) is 30.5 Å². The van der Waals surface area contributed by atoms with Crippen molar-refractivity contribution in [3.05, 3.63) is 53.1 Å². The van der Waals surface area contributed by atoms with Crippen LogP contribution in [0.3, 0.4) is 0 Å². The number of nitrogens with one attached hydrogen (secondary N) is 2. The van der Waals surface area contributed by atoms with E-state index < -0.39 is 0 Å². The van der Waals surface area contributed by atoms with Crippen molar-refractivity contribution in [2.75, 3.05) is 20.3 Å². The number of nitrogens with zero attached hydrogens (tertiary/aromatic N) is 1. The Kier molecular flexibility index (Phi) is 10.5. The third-order valence-electron chi connectivity index (χ3n) is 4.02. The normalized spacial score (nSPS) is 10.8. The Bertz CT molecular complexity index is 781. The van der Waals surface area contributed by atoms with E-state index >= 15 is 0 Å². The number of phenolic OH excluding ortho intramolecular Hbond substituents is 1. The van der Waals surface area contributed by atoms with Crippen LogP contribution in [-0.4, -0.2) is 31.3 Å². The van der Waals surface area contributed by atoms with E-state index in [4.69, 9.17) is 9.47 Å². The van der Waals surface area contributed by atoms with Crippen molar-refractivity contribution in [1.29, 1.82) is 0 Å². The van der Waals surface area contributed by atoms with Crippen LogP contribution in [0.2, 0.25) is 0 Å². The first kappa shape index (κ1) is 23.9. The van der Waals surface area contributed by atoms with Gasteiger partial charge in [-0.05, 0) is 38.5 Å². The summed E-state index contributed by atoms with van der Waals surface area (Å²) in [5.41, 5.74) is 2.93. The van der Waals surface area contributed by atoms with Crippen LogP contribution < -0.4 is 20.1 Å². The number of guanidine groups is 1. The number of phenols is 1. The van der Waals surface area contributed by atoms with Crippen molar-refractivity contribution in [2.24, 2.45) is 4.99 Å². The average molecular weight is 499 g/mol. The van der Waals surface area contributed by atoms with E-state index in [1.54, 1.807) is 6.07 Å². The molecule has 0 aromatic heterocycles. The van der Waals surface area contributed by atoms with Crippen molar-refractivity contribution in [3.8, 4) is 17.2 Å². The Morgan fingerprint density at radius 2 is 1.86 bits per heavy atom. The van der Waals surface area contributed by atoms with Gasteiger partial charge in [0.25, 0.3) is 0 Å². The molecule has 0 aliphatic heterocycles. The van der Waals surface area contributed by atoms with Gasteiger partial charge in [0.15, 0.2) is 17.5 Å². The van der Waals surface area contributed by atoms with Gasteiger partial charge >= 0.3 is 0 Å². The van der Waals surface area contributed by atoms with Crippen LogP contribution in [0.25, 0.3) is 0 Å². The zero-order chi connectivity index (χ0) is 19.6. The van der Waals surface area contributed by atoms with Crippen LogP contribution in [0, 0.1) is 6.92 Å². The number of para-hydroxylation sites is 1. The summed E-state index contributed by atoms with van der Waals surface area (Å²) in [5.74, 6) is 2.13. The number of aromatic hydroxyl groups is 1. The fourth-order valence-electron chi connectivity index (χ4n) is 2.64. The zero-order valence-corrected chi connectivity index (χ0v) is 19.2. The molecular weight excluding hydrogens is 469 g/mol. The molecular formula is C21H30IN3O3. The highest BCUT2D eigenvalue weighted by molar-refractivity contribution is 14.0. The third-order valence-corrected chi connectivity index (χ3v) is 4.02. The molecule has 2 aromatic carbocycles. The minimum absolute atomic E-state index is 0. The number of ether oxygens (including phenoxy) is 2. The molecule has 7 heteroatoms. The summed E-state index contributed by atoms with van der Waals surface area (Å²) in [7, 11) is 1.54. The lowest BCUT2D eigenvalue weighted by Gasteiger charge is -2.14. The second-order valence-corrected chi connectivity index (χ2v) is 6.06. The number of hydrogen-bond donors (Lipinski definition) is 3. The number of halogens is 1. The molecule has 3 N–H and O–H groups in total. The zero-order valence-electron chi connectivity index (χ0n) is 16.9. The number of hydrogen-bond acceptors (Lipinski definition) is 4. The van der Waals surface area contributed by atoms with E-state index in [0.717, 1.165) is 29.0 Å². The lowest BCUT2D eigenvalue weighted by atomic mass is 10.1. The monoisotopic (exact) mass is 499 g/mol. The van der Waals surface area contributed by atoms with Gasteiger partial charge in [-0.15, -0.1) is 24.0 Å². The van der Waals surface area contributed by atoms with Crippen LogP contribution in [0.4, 0.5) is 0 Å². The fourth-order valence-corrected chi connectivity index (χ4v) is 2.64. The Morgan fingerprint density at radius 1 is 1.07 bits per heavy atom. The van der Waals surface area contributed by atoms with Crippen molar-refractivity contribution < 1.29 is 14.6 Å². The first-order valence-electron chi connectivity index (χ1n) is 9.18. The third kappa shape index (κ3) is 6.78. The van der Waals surface area contributed by atoms with Crippen LogP contribution in [0.5, 0.6) is 17.2 Å². The molecule has 0 unspecified atom stereocenters. The molecule has 0 bridgehead atoms. The average Bonchev–Trinajstić information content (AvgIpc) is 2.66. The summed E-state index contributed by atoms with van der Waals surface area (Å²) in [6.07, 6.45) is 0. The van der Waals surface area contributed by atoms with Crippen LogP contribution in [-0.2, 0) is 13.1 Å². The molecule has 0 atom stereocenters. The van der Waals surface area contributed by atoms with E-state index in [2.05, 4.69) is 21.7 Å². The number of rotatable bonds is 8. The van der Waals surface area contributed by atoms with Crippen LogP contribution >= 0.6 is 24.0 Å². The van der Waals surface area contributed by atoms with Crippen molar-refractivity contribution in [2.45, 2.75) is 33.9 Å². The quantitative estimate of drug-likeness (QED) is 0.291. The van der Waals surface area contributed by atoms with Gasteiger partial charge in [0.2, 0.25) is 0 Å². The minimum Gasteiger partial charge on any atom is -0.504 e. The Balaban J connectivity index is 0.00000392. The maximum atomic E-state index is 10.2. The molecule has 0 fully saturated rings. The van der Waals surface area contributed by atoms with Gasteiger partial charge in [-0.1, -0.05) is 24.3 Å². The molecule has 0 saturated carbocycles. The molecule has 0 spiro atoms. The highest BCUT2D eigenvalue weighted by atomic mass is 127. The van der Waals surface area contributed by atoms with Crippen molar-refractivity contribution >= 4 is 29.9 Å². The molecule has 0 radical (unpaired) electrons. The number of aryl methyl sites for hydroxylation is 1. The number of benzene rings is 2. The summed E-state index contributed by atoms with van der Waals surface area (Å²) in [5, 5.41) is 16.7. The fraction of sp³-hybridized carbons (Fsp3) is 0.381. The van der Waals surface area contributed by atoms with Crippen LogP contribution in [0.15, 0.2) is 41.4 Å². The minimum atomic E-state index is 0. The highest BCUT2D eigenvalue weighted by Crippen LogP contribution is 2.29. The van der Waals surface area contributed by atoms with E-state index in [0.29, 0.717) is 31.4 Å². The highest BCUT2D eigenvalue weighted by Gasteiger charge is 2.08. The number of aliphatic imine (C=N–C) groups is 1. The predicted molar refractivity (Wildman–Crippen MR) is 124 cm³/mol. The largest absolute Gasteiger partial charge is 0.504 e. The molecule has 28 heavy (non-hydrogen) atoms. The Hall–Kier alpha value is -2.16. The molecule has 0 saturated heterocycles. The summed E-state index contributed by atoms with van der Waals surface area (Å²) < 4.78 is 10.9. The summed E-state index contributed by atoms with van der Waals surface area (Å²) in [6.45, 7) is 8.31. The van der Waals surface area contributed by atoms with Gasteiger partial charge in [0.05, 0.1) is 20.3 Å². The maximum absolute atomic E-state index is 10.2. The summed E-state index contributed by atoms with van der Waals surface area (Å²) >= 11 is 0. The second kappa shape index (κ2) is 12.3. The van der Waals surface area contributed by atoms with E-state index in [1.165, 1.54) is 7.11 Å².